The number of benzene rings is 2. The molecule has 2 aliphatic heterocycles. The molecule has 1 atom stereocenters. The van der Waals surface area contributed by atoms with E-state index < -0.39 is 0 Å². The first kappa shape index (κ1) is 34.7. The first-order valence-electron chi connectivity index (χ1n) is 17.4. The molecule has 3 aromatic heterocycles. The van der Waals surface area contributed by atoms with Crippen LogP contribution >= 0.6 is 22.9 Å². The molecular formula is C39H40ClN7O3S. The van der Waals surface area contributed by atoms with Crippen LogP contribution in [-0.4, -0.2) is 61.8 Å². The molecule has 0 saturated carbocycles. The van der Waals surface area contributed by atoms with Gasteiger partial charge < -0.3 is 9.57 Å². The second-order valence-corrected chi connectivity index (χ2v) is 14.2. The number of halogens is 1. The van der Waals surface area contributed by atoms with E-state index in [2.05, 4.69) is 67.1 Å². The Hall–Kier alpha value is -4.71. The summed E-state index contributed by atoms with van der Waals surface area (Å²) in [6, 6.07) is 20.2. The Bertz CT molecular complexity index is 2070. The Morgan fingerprint density at radius 1 is 1.06 bits per heavy atom. The van der Waals surface area contributed by atoms with Crippen LogP contribution in [0.15, 0.2) is 83.2 Å². The zero-order valence-corrected chi connectivity index (χ0v) is 30.6. The van der Waals surface area contributed by atoms with Gasteiger partial charge in [-0.25, -0.2) is 0 Å². The largest absolute Gasteiger partial charge is 0.466 e. The first-order valence-corrected chi connectivity index (χ1v) is 18.6. The molecule has 12 heteroatoms. The van der Waals surface area contributed by atoms with Gasteiger partial charge in [0.2, 0.25) is 0 Å². The summed E-state index contributed by atoms with van der Waals surface area (Å²) in [6.45, 7) is 9.27. The van der Waals surface area contributed by atoms with E-state index in [1.54, 1.807) is 12.4 Å². The van der Waals surface area contributed by atoms with E-state index in [1.807, 2.05) is 55.5 Å². The molecule has 5 heterocycles. The van der Waals surface area contributed by atoms with Crippen LogP contribution in [0, 0.1) is 6.92 Å². The molecule has 0 radical (unpaired) electrons. The number of hydrogen-bond donors (Lipinski definition) is 0. The molecule has 0 amide bonds. The van der Waals surface area contributed by atoms with Crippen molar-refractivity contribution in [1.29, 1.82) is 0 Å². The molecule has 1 unspecified atom stereocenters. The monoisotopic (exact) mass is 721 g/mol. The molecule has 2 aromatic carbocycles. The molecule has 0 aliphatic carbocycles. The summed E-state index contributed by atoms with van der Waals surface area (Å²) in [7, 11) is 0. The van der Waals surface area contributed by atoms with Gasteiger partial charge in [0.05, 0.1) is 12.3 Å². The summed E-state index contributed by atoms with van der Waals surface area (Å²) in [4.78, 5) is 30.7. The van der Waals surface area contributed by atoms with Crippen LogP contribution in [0.4, 0.5) is 0 Å². The van der Waals surface area contributed by atoms with Crippen LogP contribution in [0.2, 0.25) is 5.02 Å². The highest BCUT2D eigenvalue weighted by Gasteiger charge is 2.34. The molecule has 5 aromatic rings. The van der Waals surface area contributed by atoms with Gasteiger partial charge in [-0.1, -0.05) is 59.2 Å². The van der Waals surface area contributed by atoms with Gasteiger partial charge in [-0.2, -0.15) is 0 Å². The predicted octanol–water partition coefficient (Wildman–Crippen LogP) is 7.66. The molecule has 10 nitrogen and oxygen atoms in total. The van der Waals surface area contributed by atoms with Gasteiger partial charge in [-0.3, -0.25) is 24.2 Å². The number of carbonyl (C=O) groups is 1. The van der Waals surface area contributed by atoms with E-state index in [-0.39, 0.29) is 12.0 Å². The molecule has 0 spiro atoms. The lowest BCUT2D eigenvalue weighted by molar-refractivity contribution is -0.143. The third-order valence-corrected chi connectivity index (χ3v) is 10.7. The lowest BCUT2D eigenvalue weighted by Crippen LogP contribution is -2.30. The number of ether oxygens (including phenoxy) is 1. The highest BCUT2D eigenvalue weighted by atomic mass is 35.5. The summed E-state index contributed by atoms with van der Waals surface area (Å²) in [6.07, 6.45) is 6.21. The van der Waals surface area contributed by atoms with Gasteiger partial charge in [0.25, 0.3) is 0 Å². The highest BCUT2D eigenvalue weighted by Crippen LogP contribution is 2.42. The van der Waals surface area contributed by atoms with E-state index in [9.17, 15) is 4.79 Å². The van der Waals surface area contributed by atoms with Gasteiger partial charge in [0.15, 0.2) is 5.82 Å². The summed E-state index contributed by atoms with van der Waals surface area (Å²) in [5.41, 5.74) is 8.13. The van der Waals surface area contributed by atoms with Crippen LogP contribution in [0.25, 0.3) is 5.00 Å². The number of esters is 1. The Kier molecular flexibility index (Phi) is 10.7. The molecule has 51 heavy (non-hydrogen) atoms. The lowest BCUT2D eigenvalue weighted by Gasteiger charge is -2.27. The number of pyridine rings is 1. The zero-order valence-electron chi connectivity index (χ0n) is 29.0. The van der Waals surface area contributed by atoms with Crippen LogP contribution in [0.3, 0.4) is 0 Å². The fourth-order valence-corrected chi connectivity index (χ4v) is 8.30. The number of rotatable bonds is 12. The predicted molar refractivity (Wildman–Crippen MR) is 200 cm³/mol. The van der Waals surface area contributed by atoms with E-state index in [1.165, 1.54) is 16.0 Å². The number of unbranched alkanes of at least 4 members (excludes halogenated alkanes) is 1. The van der Waals surface area contributed by atoms with Crippen molar-refractivity contribution >= 4 is 40.3 Å². The van der Waals surface area contributed by atoms with Crippen LogP contribution in [0.1, 0.15) is 89.1 Å². The number of nitrogens with zero attached hydrogens (tertiary/aromatic N) is 7. The fourth-order valence-electron chi connectivity index (χ4n) is 6.63. The quantitative estimate of drug-likeness (QED) is 0.0564. The third kappa shape index (κ3) is 7.51. The van der Waals surface area contributed by atoms with Crippen molar-refractivity contribution in [2.75, 3.05) is 19.8 Å². The van der Waals surface area contributed by atoms with Crippen molar-refractivity contribution in [2.24, 2.45) is 10.1 Å². The number of aliphatic imine (C=N–C) groups is 1. The number of aryl methyl sites for hydroxylation is 1. The molecule has 7 rings (SSSR count). The van der Waals surface area contributed by atoms with Crippen molar-refractivity contribution in [2.45, 2.75) is 65.6 Å². The van der Waals surface area contributed by atoms with Crippen molar-refractivity contribution in [1.82, 2.24) is 24.6 Å². The van der Waals surface area contributed by atoms with Gasteiger partial charge in [0, 0.05) is 70.6 Å². The number of thiophene rings is 1. The van der Waals surface area contributed by atoms with Crippen LogP contribution in [0.5, 0.6) is 0 Å². The van der Waals surface area contributed by atoms with Crippen molar-refractivity contribution in [3.63, 3.8) is 0 Å². The maximum absolute atomic E-state index is 11.6. The minimum atomic E-state index is -0.181. The Morgan fingerprint density at radius 3 is 2.69 bits per heavy atom. The van der Waals surface area contributed by atoms with Crippen LogP contribution < -0.4 is 0 Å². The van der Waals surface area contributed by atoms with E-state index in [0.29, 0.717) is 37.5 Å². The van der Waals surface area contributed by atoms with E-state index in [4.69, 9.17) is 26.2 Å². The maximum atomic E-state index is 11.6. The smallest absolute Gasteiger partial charge is 0.305 e. The SMILES string of the molecule is CCOC(=O)CCCCO/N=C(\c1ccc(CN2CCc3c(sc4c3C(c3ccccc3Cl)=NC(C)c3nnc(C)n3-4)C2)cc1)c1cccnc1. The molecule has 0 fully saturated rings. The van der Waals surface area contributed by atoms with Gasteiger partial charge in [0.1, 0.15) is 29.2 Å². The number of hydrogen-bond acceptors (Lipinski definition) is 10. The first-order chi connectivity index (χ1) is 24.9. The second kappa shape index (κ2) is 15.7. The molecule has 262 valence electrons. The lowest BCUT2D eigenvalue weighted by atomic mass is 9.95. The number of oxime groups is 1. The summed E-state index contributed by atoms with van der Waals surface area (Å²) < 4.78 is 7.19. The Labute approximate surface area is 306 Å². The Balaban J connectivity index is 1.09. The summed E-state index contributed by atoms with van der Waals surface area (Å²) >= 11 is 8.59. The van der Waals surface area contributed by atoms with E-state index >= 15 is 0 Å². The fraction of sp³-hybridized carbons (Fsp3) is 0.333. The minimum absolute atomic E-state index is 0.158. The third-order valence-electron chi connectivity index (χ3n) is 9.13. The van der Waals surface area contributed by atoms with Gasteiger partial charge in [-0.05, 0) is 69.4 Å². The normalized spacial score (nSPS) is 15.7. The summed E-state index contributed by atoms with van der Waals surface area (Å²) in [5.74, 6) is 1.53. The minimum Gasteiger partial charge on any atom is -0.466 e. The molecule has 0 N–H and O–H groups in total. The molecule has 0 bridgehead atoms. The van der Waals surface area contributed by atoms with Crippen molar-refractivity contribution < 1.29 is 14.4 Å². The topological polar surface area (TPSA) is 107 Å². The van der Waals surface area contributed by atoms with Gasteiger partial charge >= 0.3 is 5.97 Å². The maximum Gasteiger partial charge on any atom is 0.305 e. The second-order valence-electron chi connectivity index (χ2n) is 12.7. The average molecular weight is 722 g/mol. The molecular weight excluding hydrogens is 682 g/mol. The van der Waals surface area contributed by atoms with Crippen LogP contribution in [-0.2, 0) is 33.9 Å². The highest BCUT2D eigenvalue weighted by molar-refractivity contribution is 7.15. The average Bonchev–Trinajstić information content (AvgIpc) is 3.68. The Morgan fingerprint density at radius 2 is 1.90 bits per heavy atom. The number of aromatic nitrogens is 4. The van der Waals surface area contributed by atoms with E-state index in [0.717, 1.165) is 76.4 Å². The summed E-state index contributed by atoms with van der Waals surface area (Å²) in [5, 5.41) is 15.3. The van der Waals surface area contributed by atoms with Crippen molar-refractivity contribution in [3.8, 4) is 5.00 Å². The zero-order chi connectivity index (χ0) is 35.3. The molecule has 0 saturated heterocycles. The number of carbonyl (C=O) groups excluding carboxylic acids is 1. The molecule has 2 aliphatic rings. The number of fused-ring (bicyclic) bond motifs is 5. The standard InChI is InChI=1S/C39H40ClN7O3S/c1-4-49-34(48)13-7-8-21-50-45-36(29-10-9-19-41-22-29)28-16-14-27(15-17-28)23-46-20-18-31-33(24-46)51-39-35(31)37(30-11-5-6-12-32(30)40)42-25(2)38-44-43-26(3)47(38)39/h5-6,9-12,14-17,19,22,25H,4,7-8,13,18,20-21,23-24H2,1-3H3/b45-36+. The van der Waals surface area contributed by atoms with Crippen molar-refractivity contribution in [3.05, 3.63) is 128 Å². The van der Waals surface area contributed by atoms with Gasteiger partial charge in [-0.15, -0.1) is 21.5 Å².